The van der Waals surface area contributed by atoms with Gasteiger partial charge in [-0.25, -0.2) is 4.39 Å². The zero-order valence-electron chi connectivity index (χ0n) is 21.0. The fraction of sp³-hybridized carbons (Fsp3) is 0.464. The van der Waals surface area contributed by atoms with Crippen LogP contribution in [-0.4, -0.2) is 73.1 Å². The molecule has 2 aromatic carbocycles. The van der Waals surface area contributed by atoms with Crippen molar-refractivity contribution in [3.05, 3.63) is 59.9 Å². The van der Waals surface area contributed by atoms with E-state index in [0.29, 0.717) is 30.2 Å². The Morgan fingerprint density at radius 3 is 2.72 bits per heavy atom. The maximum absolute atomic E-state index is 14.2. The van der Waals surface area contributed by atoms with Crippen LogP contribution >= 0.6 is 0 Å². The summed E-state index contributed by atoms with van der Waals surface area (Å²) < 4.78 is 20.3. The molecule has 36 heavy (non-hydrogen) atoms. The maximum Gasteiger partial charge on any atom is 0.223 e. The molecule has 3 heterocycles. The summed E-state index contributed by atoms with van der Waals surface area (Å²) in [5.74, 6) is 0.323. The number of nitrogens with zero attached hydrogens (tertiary/aromatic N) is 4. The summed E-state index contributed by atoms with van der Waals surface area (Å²) in [5, 5.41) is 6.63. The van der Waals surface area contributed by atoms with Crippen molar-refractivity contribution in [2.24, 2.45) is 5.10 Å². The monoisotopic (exact) mass is 492 g/mol. The Kier molecular flexibility index (Phi) is 6.79. The van der Waals surface area contributed by atoms with E-state index in [-0.39, 0.29) is 23.5 Å². The Bertz CT molecular complexity index is 1170. The van der Waals surface area contributed by atoms with Gasteiger partial charge in [-0.3, -0.25) is 14.6 Å². The summed E-state index contributed by atoms with van der Waals surface area (Å²) in [7, 11) is 1.86. The van der Waals surface area contributed by atoms with Crippen LogP contribution in [0.1, 0.15) is 38.2 Å². The van der Waals surface area contributed by atoms with Crippen LogP contribution in [0.15, 0.2) is 53.6 Å². The van der Waals surface area contributed by atoms with Gasteiger partial charge >= 0.3 is 0 Å². The number of amides is 1. The summed E-state index contributed by atoms with van der Waals surface area (Å²) in [5.41, 5.74) is 1.42. The van der Waals surface area contributed by atoms with Crippen LogP contribution in [-0.2, 0) is 15.0 Å². The fourth-order valence-corrected chi connectivity index (χ4v) is 5.84. The summed E-state index contributed by atoms with van der Waals surface area (Å²) in [4.78, 5) is 29.2. The van der Waals surface area contributed by atoms with Crippen molar-refractivity contribution < 1.29 is 18.7 Å². The number of Topliss-reactive ketones (excluding diaryl/α,β-unsaturated/α-hetero) is 1. The number of carbonyl (C=O) groups excluding carboxylic acids is 2. The van der Waals surface area contributed by atoms with Gasteiger partial charge in [-0.05, 0) is 37.1 Å². The molecule has 0 N–H and O–H groups in total. The predicted octanol–water partition coefficient (Wildman–Crippen LogP) is 3.62. The summed E-state index contributed by atoms with van der Waals surface area (Å²) in [6.45, 7) is 5.22. The van der Waals surface area contributed by atoms with Gasteiger partial charge in [0.2, 0.25) is 5.91 Å². The molecule has 3 aliphatic heterocycles. The highest BCUT2D eigenvalue weighted by atomic mass is 19.1. The molecule has 0 unspecified atom stereocenters. The van der Waals surface area contributed by atoms with E-state index in [1.807, 2.05) is 30.3 Å². The first-order valence-electron chi connectivity index (χ1n) is 12.7. The van der Waals surface area contributed by atoms with E-state index in [1.54, 1.807) is 17.9 Å². The number of hydrazone groups is 1. The Hall–Kier alpha value is -3.26. The molecule has 0 radical (unpaired) electrons. The molecular weight excluding hydrogens is 459 g/mol. The van der Waals surface area contributed by atoms with Crippen LogP contribution < -0.4 is 9.75 Å². The first-order valence-corrected chi connectivity index (χ1v) is 12.7. The Labute approximate surface area is 211 Å². The Morgan fingerprint density at radius 1 is 1.14 bits per heavy atom. The number of likely N-dealkylation sites (N-methyl/N-ethyl adjacent to an activating group) is 1. The Morgan fingerprint density at radius 2 is 1.94 bits per heavy atom. The van der Waals surface area contributed by atoms with Crippen LogP contribution in [0.2, 0.25) is 0 Å². The molecule has 190 valence electrons. The number of rotatable bonds is 7. The minimum atomic E-state index is -0.661. The second-order valence-corrected chi connectivity index (χ2v) is 9.99. The average molecular weight is 493 g/mol. The molecule has 3 aliphatic rings. The number of hydrogen-bond acceptors (Lipinski definition) is 6. The summed E-state index contributed by atoms with van der Waals surface area (Å²) in [6.07, 6.45) is 3.09. The van der Waals surface area contributed by atoms with Crippen LogP contribution in [0, 0.1) is 5.82 Å². The smallest absolute Gasteiger partial charge is 0.223 e. The lowest BCUT2D eigenvalue weighted by molar-refractivity contribution is -0.129. The highest BCUT2D eigenvalue weighted by molar-refractivity contribution is 6.43. The number of fused-ring (bicyclic) bond motifs is 3. The van der Waals surface area contributed by atoms with Crippen molar-refractivity contribution >= 4 is 23.1 Å². The quantitative estimate of drug-likeness (QED) is 0.553. The zero-order chi connectivity index (χ0) is 25.3. The zero-order valence-corrected chi connectivity index (χ0v) is 21.0. The summed E-state index contributed by atoms with van der Waals surface area (Å²) in [6, 6.07) is 14.2. The molecule has 0 bridgehead atoms. The molecule has 7 nitrogen and oxygen atoms in total. The SMILES string of the molecule is CC(=O)C1=NN2c3cc(F)ccc3OC[C@@H]2[C@]1(CCCCN1CCC(=O)N(C)CC1)c1ccccc1. The van der Waals surface area contributed by atoms with Gasteiger partial charge in [0.1, 0.15) is 35.6 Å². The number of ether oxygens (including phenoxy) is 1. The molecule has 0 aromatic heterocycles. The highest BCUT2D eigenvalue weighted by Crippen LogP contribution is 2.48. The summed E-state index contributed by atoms with van der Waals surface area (Å²) >= 11 is 0. The Balaban J connectivity index is 1.41. The standard InChI is InChI=1S/C28H33FN4O3/c1-20(34)27-28(21-8-4-3-5-9-21,13-6-7-14-32-15-12-26(35)31(2)16-17-32)25-19-36-24-11-10-22(29)18-23(24)33(25)30-27/h3-5,8-11,18,25H,6-7,12-17,19H2,1-2H3/t25-,28+/m1/s1. The molecule has 0 spiro atoms. The van der Waals surface area contributed by atoms with Gasteiger partial charge in [-0.15, -0.1) is 0 Å². The van der Waals surface area contributed by atoms with Crippen molar-refractivity contribution in [2.75, 3.05) is 44.8 Å². The largest absolute Gasteiger partial charge is 0.489 e. The molecule has 1 saturated heterocycles. The average Bonchev–Trinajstić information content (AvgIpc) is 3.15. The van der Waals surface area contributed by atoms with E-state index < -0.39 is 5.41 Å². The van der Waals surface area contributed by atoms with E-state index in [0.717, 1.165) is 51.0 Å². The predicted molar refractivity (Wildman–Crippen MR) is 137 cm³/mol. The number of anilines is 1. The van der Waals surface area contributed by atoms with Gasteiger partial charge in [-0.1, -0.05) is 36.8 Å². The highest BCUT2D eigenvalue weighted by Gasteiger charge is 2.55. The second kappa shape index (κ2) is 10.0. The lowest BCUT2D eigenvalue weighted by atomic mass is 9.67. The topological polar surface area (TPSA) is 65.5 Å². The number of hydrogen-bond donors (Lipinski definition) is 0. The van der Waals surface area contributed by atoms with Crippen molar-refractivity contribution in [1.29, 1.82) is 0 Å². The van der Waals surface area contributed by atoms with E-state index in [2.05, 4.69) is 17.0 Å². The second-order valence-electron chi connectivity index (χ2n) is 9.99. The molecule has 2 aromatic rings. The van der Waals surface area contributed by atoms with Gasteiger partial charge < -0.3 is 14.5 Å². The molecule has 0 saturated carbocycles. The molecular formula is C28H33FN4O3. The number of ketones is 1. The maximum atomic E-state index is 14.2. The van der Waals surface area contributed by atoms with Crippen LogP contribution in [0.4, 0.5) is 10.1 Å². The number of unbranched alkanes of at least 4 members (excludes halogenated alkanes) is 1. The molecule has 8 heteroatoms. The molecule has 2 atom stereocenters. The van der Waals surface area contributed by atoms with Gasteiger partial charge in [0.15, 0.2) is 5.78 Å². The number of benzene rings is 2. The van der Waals surface area contributed by atoms with E-state index in [4.69, 9.17) is 9.84 Å². The molecule has 5 rings (SSSR count). The van der Waals surface area contributed by atoms with Crippen molar-refractivity contribution in [2.45, 2.75) is 44.1 Å². The molecule has 1 amide bonds. The van der Waals surface area contributed by atoms with Gasteiger partial charge in [0.05, 0.1) is 5.41 Å². The van der Waals surface area contributed by atoms with Crippen LogP contribution in [0.25, 0.3) is 0 Å². The van der Waals surface area contributed by atoms with Gasteiger partial charge in [0.25, 0.3) is 0 Å². The lowest BCUT2D eigenvalue weighted by Gasteiger charge is -2.41. The first kappa shape index (κ1) is 24.4. The third-order valence-corrected chi connectivity index (χ3v) is 7.80. The van der Waals surface area contributed by atoms with E-state index in [1.165, 1.54) is 12.1 Å². The minimum Gasteiger partial charge on any atom is -0.489 e. The van der Waals surface area contributed by atoms with E-state index >= 15 is 0 Å². The lowest BCUT2D eigenvalue weighted by Crippen LogP contribution is -2.53. The normalized spacial score (nSPS) is 24.0. The van der Waals surface area contributed by atoms with Crippen LogP contribution in [0.5, 0.6) is 5.75 Å². The van der Waals surface area contributed by atoms with Crippen LogP contribution in [0.3, 0.4) is 0 Å². The fourth-order valence-electron chi connectivity index (χ4n) is 5.84. The third kappa shape index (κ3) is 4.39. The van der Waals surface area contributed by atoms with Crippen molar-refractivity contribution in [1.82, 2.24) is 9.80 Å². The third-order valence-electron chi connectivity index (χ3n) is 7.80. The van der Waals surface area contributed by atoms with Gasteiger partial charge in [0, 0.05) is 46.1 Å². The number of halogens is 1. The van der Waals surface area contributed by atoms with Crippen molar-refractivity contribution in [3.63, 3.8) is 0 Å². The van der Waals surface area contributed by atoms with Crippen molar-refractivity contribution in [3.8, 4) is 5.75 Å². The first-order chi connectivity index (χ1) is 17.4. The minimum absolute atomic E-state index is 0.0831. The number of carbonyl (C=O) groups is 2. The molecule has 1 fully saturated rings. The molecule has 0 aliphatic carbocycles. The van der Waals surface area contributed by atoms with Gasteiger partial charge in [-0.2, -0.15) is 5.10 Å². The van der Waals surface area contributed by atoms with E-state index in [9.17, 15) is 14.0 Å².